The molecule has 0 aromatic rings. The van der Waals surface area contributed by atoms with Gasteiger partial charge in [-0.1, -0.05) is 6.92 Å². The van der Waals surface area contributed by atoms with E-state index < -0.39 is 6.29 Å². The van der Waals surface area contributed by atoms with Crippen molar-refractivity contribution in [3.05, 3.63) is 0 Å². The van der Waals surface area contributed by atoms with Crippen molar-refractivity contribution in [2.24, 2.45) is 5.73 Å². The van der Waals surface area contributed by atoms with Gasteiger partial charge in [0.05, 0.1) is 0 Å². The number of ether oxygens (including phenoxy) is 1. The maximum Gasteiger partial charge on any atom is 0.308 e. The molecule has 0 fully saturated rings. The predicted octanol–water partition coefficient (Wildman–Crippen LogP) is -0.00310. The van der Waals surface area contributed by atoms with Crippen LogP contribution in [0.2, 0.25) is 0 Å². The zero-order valence-corrected chi connectivity index (χ0v) is 6.75. The van der Waals surface area contributed by atoms with Crippen LogP contribution in [0.3, 0.4) is 0 Å². The highest BCUT2D eigenvalue weighted by Gasteiger charge is 2.07. The molecule has 0 aromatic carbocycles. The number of nitrogens with two attached hydrogens (primary N) is 1. The summed E-state index contributed by atoms with van der Waals surface area (Å²) in [5.41, 5.74) is 5.13. The summed E-state index contributed by atoms with van der Waals surface area (Å²) in [5, 5.41) is 8.92. The topological polar surface area (TPSA) is 72.5 Å². The Kier molecular flexibility index (Phi) is 5.78. The first-order valence-electron chi connectivity index (χ1n) is 3.78. The van der Waals surface area contributed by atoms with E-state index in [-0.39, 0.29) is 5.97 Å². The monoisotopic (exact) mass is 161 g/mol. The molecule has 3 N–H and O–H groups in total. The highest BCUT2D eigenvalue weighted by molar-refractivity contribution is 5.69. The fraction of sp³-hybridized carbons (Fsp3) is 0.857. The molecule has 0 heterocycles. The van der Waals surface area contributed by atoms with Crippen LogP contribution in [0, 0.1) is 0 Å². The zero-order chi connectivity index (χ0) is 8.69. The Morgan fingerprint density at radius 2 is 2.36 bits per heavy atom. The fourth-order valence-electron chi connectivity index (χ4n) is 0.616. The molecule has 0 bridgehead atoms. The van der Waals surface area contributed by atoms with E-state index in [4.69, 9.17) is 10.8 Å². The van der Waals surface area contributed by atoms with Gasteiger partial charge in [-0.3, -0.25) is 4.79 Å². The second-order valence-electron chi connectivity index (χ2n) is 2.27. The van der Waals surface area contributed by atoms with Crippen LogP contribution in [0.5, 0.6) is 0 Å². The molecule has 0 aliphatic rings. The molecule has 0 radical (unpaired) electrons. The average molecular weight is 161 g/mol. The van der Waals surface area contributed by atoms with Gasteiger partial charge < -0.3 is 15.6 Å². The molecule has 0 rings (SSSR count). The van der Waals surface area contributed by atoms with Gasteiger partial charge in [0.2, 0.25) is 6.29 Å². The number of esters is 1. The summed E-state index contributed by atoms with van der Waals surface area (Å²) < 4.78 is 4.57. The van der Waals surface area contributed by atoms with E-state index in [0.717, 1.165) is 6.42 Å². The molecule has 0 aliphatic carbocycles. The van der Waals surface area contributed by atoms with Gasteiger partial charge in [0.1, 0.15) is 0 Å². The molecule has 1 unspecified atom stereocenters. The van der Waals surface area contributed by atoms with Gasteiger partial charge in [0.15, 0.2) is 0 Å². The molecule has 0 spiro atoms. The van der Waals surface area contributed by atoms with Crippen LogP contribution in [0.4, 0.5) is 0 Å². The van der Waals surface area contributed by atoms with Crippen LogP contribution in [0.25, 0.3) is 0 Å². The second kappa shape index (κ2) is 6.12. The predicted molar refractivity (Wildman–Crippen MR) is 40.7 cm³/mol. The van der Waals surface area contributed by atoms with Crippen LogP contribution >= 0.6 is 0 Å². The summed E-state index contributed by atoms with van der Waals surface area (Å²) in [6.07, 6.45) is 0.352. The van der Waals surface area contributed by atoms with Crippen molar-refractivity contribution in [2.75, 3.05) is 6.54 Å². The third-order valence-electron chi connectivity index (χ3n) is 1.14. The van der Waals surface area contributed by atoms with E-state index in [9.17, 15) is 4.79 Å². The number of hydrogen-bond donors (Lipinski definition) is 2. The summed E-state index contributed by atoms with van der Waals surface area (Å²) in [5.74, 6) is -0.367. The molecule has 11 heavy (non-hydrogen) atoms. The van der Waals surface area contributed by atoms with E-state index in [1.807, 2.05) is 6.92 Å². The lowest BCUT2D eigenvalue weighted by molar-refractivity contribution is -0.168. The normalized spacial score (nSPS) is 12.6. The molecular formula is C7H15NO3. The molecule has 0 amide bonds. The van der Waals surface area contributed by atoms with Crippen molar-refractivity contribution < 1.29 is 14.6 Å². The molecule has 4 nitrogen and oxygen atoms in total. The smallest absolute Gasteiger partial charge is 0.308 e. The maximum absolute atomic E-state index is 10.7. The molecule has 0 saturated heterocycles. The summed E-state index contributed by atoms with van der Waals surface area (Å²) in [6.45, 7) is 2.19. The molecule has 1 atom stereocenters. The SMILES string of the molecule is CCCC(=O)OC(O)CCN. The van der Waals surface area contributed by atoms with Crippen molar-refractivity contribution in [1.29, 1.82) is 0 Å². The van der Waals surface area contributed by atoms with Crippen LogP contribution < -0.4 is 5.73 Å². The van der Waals surface area contributed by atoms with Crippen molar-refractivity contribution in [2.45, 2.75) is 32.5 Å². The van der Waals surface area contributed by atoms with Gasteiger partial charge in [-0.2, -0.15) is 0 Å². The number of aliphatic hydroxyl groups is 1. The van der Waals surface area contributed by atoms with Crippen LogP contribution in [-0.2, 0) is 9.53 Å². The van der Waals surface area contributed by atoms with Gasteiger partial charge in [0, 0.05) is 12.8 Å². The van der Waals surface area contributed by atoms with E-state index in [2.05, 4.69) is 4.74 Å². The fourth-order valence-corrected chi connectivity index (χ4v) is 0.616. The third-order valence-corrected chi connectivity index (χ3v) is 1.14. The van der Waals surface area contributed by atoms with E-state index in [1.54, 1.807) is 0 Å². The number of hydrogen-bond acceptors (Lipinski definition) is 4. The van der Waals surface area contributed by atoms with E-state index in [0.29, 0.717) is 19.4 Å². The Hall–Kier alpha value is -0.610. The van der Waals surface area contributed by atoms with Crippen molar-refractivity contribution >= 4 is 5.97 Å². The van der Waals surface area contributed by atoms with Crippen molar-refractivity contribution in [3.63, 3.8) is 0 Å². The second-order valence-corrected chi connectivity index (χ2v) is 2.27. The van der Waals surface area contributed by atoms with Gasteiger partial charge in [-0.05, 0) is 13.0 Å². The van der Waals surface area contributed by atoms with Gasteiger partial charge in [-0.15, -0.1) is 0 Å². The first-order chi connectivity index (χ1) is 5.20. The standard InChI is InChI=1S/C7H15NO3/c1-2-3-6(9)11-7(10)4-5-8/h7,10H,2-5,8H2,1H3. The van der Waals surface area contributed by atoms with Crippen molar-refractivity contribution in [3.8, 4) is 0 Å². The Morgan fingerprint density at radius 1 is 1.73 bits per heavy atom. The Bertz CT molecular complexity index is 116. The lowest BCUT2D eigenvalue weighted by Gasteiger charge is -2.09. The Labute approximate surface area is 66.3 Å². The Balaban J connectivity index is 3.40. The molecule has 0 aliphatic heterocycles. The molecule has 4 heteroatoms. The lowest BCUT2D eigenvalue weighted by atomic mass is 10.3. The van der Waals surface area contributed by atoms with Gasteiger partial charge in [-0.25, -0.2) is 0 Å². The van der Waals surface area contributed by atoms with E-state index >= 15 is 0 Å². The molecular weight excluding hydrogens is 146 g/mol. The number of aliphatic hydroxyl groups excluding tert-OH is 1. The van der Waals surface area contributed by atoms with Crippen LogP contribution in [-0.4, -0.2) is 23.9 Å². The first kappa shape index (κ1) is 10.4. The highest BCUT2D eigenvalue weighted by atomic mass is 16.6. The molecule has 66 valence electrons. The Morgan fingerprint density at radius 3 is 2.82 bits per heavy atom. The molecule has 0 saturated carbocycles. The summed E-state index contributed by atoms with van der Waals surface area (Å²) in [6, 6.07) is 0. The number of rotatable bonds is 5. The maximum atomic E-state index is 10.7. The van der Waals surface area contributed by atoms with Crippen LogP contribution in [0.1, 0.15) is 26.2 Å². The minimum atomic E-state index is -1.03. The average Bonchev–Trinajstić information content (AvgIpc) is 1.87. The summed E-state index contributed by atoms with van der Waals surface area (Å²) in [4.78, 5) is 10.7. The first-order valence-corrected chi connectivity index (χ1v) is 3.78. The van der Waals surface area contributed by atoms with Gasteiger partial charge in [0.25, 0.3) is 0 Å². The van der Waals surface area contributed by atoms with Crippen LogP contribution in [0.15, 0.2) is 0 Å². The lowest BCUT2D eigenvalue weighted by Crippen LogP contribution is -2.20. The van der Waals surface area contributed by atoms with Gasteiger partial charge >= 0.3 is 5.97 Å². The van der Waals surface area contributed by atoms with Crippen molar-refractivity contribution in [1.82, 2.24) is 0 Å². The number of carbonyl (C=O) groups is 1. The zero-order valence-electron chi connectivity index (χ0n) is 6.75. The van der Waals surface area contributed by atoms with E-state index in [1.165, 1.54) is 0 Å². The third kappa shape index (κ3) is 5.82. The largest absolute Gasteiger partial charge is 0.436 e. The summed E-state index contributed by atoms with van der Waals surface area (Å²) in [7, 11) is 0. The quantitative estimate of drug-likeness (QED) is 0.439. The minimum absolute atomic E-state index is 0.301. The summed E-state index contributed by atoms with van der Waals surface area (Å²) >= 11 is 0. The number of carbonyl (C=O) groups excluding carboxylic acids is 1. The highest BCUT2D eigenvalue weighted by Crippen LogP contribution is 1.97. The molecule has 0 aromatic heterocycles. The minimum Gasteiger partial charge on any atom is -0.436 e.